The Morgan fingerprint density at radius 3 is 2.60 bits per heavy atom. The SMILES string of the molecule is CC(CNC(=O)OC(C)(C)C)Nc1cc(F)ccc1F. The van der Waals surface area contributed by atoms with Crippen LogP contribution < -0.4 is 10.6 Å². The van der Waals surface area contributed by atoms with E-state index in [-0.39, 0.29) is 18.3 Å². The van der Waals surface area contributed by atoms with Crippen LogP contribution in [0.2, 0.25) is 0 Å². The summed E-state index contributed by atoms with van der Waals surface area (Å²) in [5.41, 5.74) is -0.515. The zero-order valence-corrected chi connectivity index (χ0v) is 12.1. The average molecular weight is 286 g/mol. The van der Waals surface area contributed by atoms with Gasteiger partial charge in [0.2, 0.25) is 0 Å². The summed E-state index contributed by atoms with van der Waals surface area (Å²) in [6, 6.07) is 2.88. The lowest BCUT2D eigenvalue weighted by atomic mass is 10.2. The van der Waals surface area contributed by atoms with E-state index < -0.39 is 23.3 Å². The molecule has 112 valence electrons. The van der Waals surface area contributed by atoms with Gasteiger partial charge < -0.3 is 15.4 Å². The minimum atomic E-state index is -0.574. The number of rotatable bonds is 4. The molecule has 0 fully saturated rings. The molecule has 0 saturated carbocycles. The van der Waals surface area contributed by atoms with Crippen molar-refractivity contribution in [2.24, 2.45) is 0 Å². The number of alkyl carbamates (subject to hydrolysis) is 1. The molecule has 2 N–H and O–H groups in total. The lowest BCUT2D eigenvalue weighted by Crippen LogP contribution is -2.38. The van der Waals surface area contributed by atoms with Gasteiger partial charge in [-0.05, 0) is 45.9 Å². The summed E-state index contributed by atoms with van der Waals surface area (Å²) in [4.78, 5) is 11.4. The lowest BCUT2D eigenvalue weighted by Gasteiger charge is -2.21. The Kier molecular flexibility index (Phi) is 5.30. The Morgan fingerprint density at radius 2 is 2.00 bits per heavy atom. The highest BCUT2D eigenvalue weighted by molar-refractivity contribution is 5.67. The number of carbonyl (C=O) groups excluding carboxylic acids is 1. The Hall–Kier alpha value is -1.85. The topological polar surface area (TPSA) is 50.4 Å². The molecular formula is C14H20F2N2O2. The minimum Gasteiger partial charge on any atom is -0.444 e. The van der Waals surface area contributed by atoms with E-state index in [2.05, 4.69) is 10.6 Å². The summed E-state index contributed by atoms with van der Waals surface area (Å²) in [7, 11) is 0. The third-order valence-electron chi connectivity index (χ3n) is 2.28. The van der Waals surface area contributed by atoms with Gasteiger partial charge in [-0.15, -0.1) is 0 Å². The van der Waals surface area contributed by atoms with Gasteiger partial charge in [0.1, 0.15) is 17.2 Å². The minimum absolute atomic E-state index is 0.0588. The number of amides is 1. The van der Waals surface area contributed by atoms with Crippen LogP contribution in [0.25, 0.3) is 0 Å². The second-order valence-electron chi connectivity index (χ2n) is 5.55. The van der Waals surface area contributed by atoms with Crippen molar-refractivity contribution in [3.05, 3.63) is 29.8 Å². The smallest absolute Gasteiger partial charge is 0.407 e. The third kappa shape index (κ3) is 5.86. The molecule has 0 aliphatic rings. The van der Waals surface area contributed by atoms with Crippen molar-refractivity contribution in [2.45, 2.75) is 39.3 Å². The first kappa shape index (κ1) is 16.2. The maximum Gasteiger partial charge on any atom is 0.407 e. The van der Waals surface area contributed by atoms with Crippen LogP contribution in [0.5, 0.6) is 0 Å². The molecule has 20 heavy (non-hydrogen) atoms. The summed E-state index contributed by atoms with van der Waals surface area (Å²) in [6.45, 7) is 7.25. The first-order chi connectivity index (χ1) is 9.17. The summed E-state index contributed by atoms with van der Waals surface area (Å²) >= 11 is 0. The van der Waals surface area contributed by atoms with E-state index in [0.717, 1.165) is 18.2 Å². The zero-order valence-electron chi connectivity index (χ0n) is 12.1. The van der Waals surface area contributed by atoms with Gasteiger partial charge in [0.25, 0.3) is 0 Å². The quantitative estimate of drug-likeness (QED) is 0.893. The molecule has 1 rings (SSSR count). The third-order valence-corrected chi connectivity index (χ3v) is 2.28. The van der Waals surface area contributed by atoms with E-state index in [4.69, 9.17) is 4.74 Å². The van der Waals surface area contributed by atoms with Crippen LogP contribution in [0, 0.1) is 11.6 Å². The maximum absolute atomic E-state index is 13.4. The van der Waals surface area contributed by atoms with Crippen LogP contribution in [-0.2, 0) is 4.74 Å². The molecule has 4 nitrogen and oxygen atoms in total. The van der Waals surface area contributed by atoms with Crippen molar-refractivity contribution < 1.29 is 18.3 Å². The number of ether oxygens (including phenoxy) is 1. The second-order valence-corrected chi connectivity index (χ2v) is 5.55. The molecule has 0 aromatic heterocycles. The molecule has 0 heterocycles. The van der Waals surface area contributed by atoms with E-state index in [1.54, 1.807) is 27.7 Å². The summed E-state index contributed by atoms with van der Waals surface area (Å²) < 4.78 is 31.5. The fourth-order valence-electron chi connectivity index (χ4n) is 1.48. The van der Waals surface area contributed by atoms with Crippen molar-refractivity contribution in [3.63, 3.8) is 0 Å². The molecule has 1 aromatic rings. The van der Waals surface area contributed by atoms with E-state index >= 15 is 0 Å². The van der Waals surface area contributed by atoms with Gasteiger partial charge >= 0.3 is 6.09 Å². The number of benzene rings is 1. The number of hydrogen-bond acceptors (Lipinski definition) is 3. The summed E-state index contributed by atoms with van der Waals surface area (Å²) in [5.74, 6) is -1.07. The molecule has 1 unspecified atom stereocenters. The van der Waals surface area contributed by atoms with Crippen molar-refractivity contribution >= 4 is 11.8 Å². The molecule has 0 bridgehead atoms. The van der Waals surface area contributed by atoms with E-state index in [1.807, 2.05) is 0 Å². The van der Waals surface area contributed by atoms with Crippen molar-refractivity contribution in [3.8, 4) is 0 Å². The molecular weight excluding hydrogens is 266 g/mol. The Morgan fingerprint density at radius 1 is 1.35 bits per heavy atom. The van der Waals surface area contributed by atoms with Gasteiger partial charge in [0.05, 0.1) is 5.69 Å². The van der Waals surface area contributed by atoms with Gasteiger partial charge in [-0.2, -0.15) is 0 Å². The molecule has 0 spiro atoms. The van der Waals surface area contributed by atoms with Gasteiger partial charge in [-0.25, -0.2) is 13.6 Å². The highest BCUT2D eigenvalue weighted by Crippen LogP contribution is 2.16. The van der Waals surface area contributed by atoms with E-state index in [1.165, 1.54) is 0 Å². The summed E-state index contributed by atoms with van der Waals surface area (Å²) in [5, 5.41) is 5.34. The van der Waals surface area contributed by atoms with Gasteiger partial charge in [0, 0.05) is 12.6 Å². The predicted octanol–water partition coefficient (Wildman–Crippen LogP) is 3.29. The number of anilines is 1. The van der Waals surface area contributed by atoms with Crippen LogP contribution in [0.15, 0.2) is 18.2 Å². The standard InChI is InChI=1S/C14H20F2N2O2/c1-9(8-17-13(19)20-14(2,3)4)18-12-7-10(15)5-6-11(12)16/h5-7,9,18H,8H2,1-4H3,(H,17,19). The van der Waals surface area contributed by atoms with Gasteiger partial charge in [-0.3, -0.25) is 0 Å². The van der Waals surface area contributed by atoms with Crippen LogP contribution in [-0.4, -0.2) is 24.3 Å². The monoisotopic (exact) mass is 286 g/mol. The fourth-order valence-corrected chi connectivity index (χ4v) is 1.48. The Balaban J connectivity index is 2.46. The lowest BCUT2D eigenvalue weighted by molar-refractivity contribution is 0.0526. The van der Waals surface area contributed by atoms with Crippen LogP contribution in [0.4, 0.5) is 19.3 Å². The van der Waals surface area contributed by atoms with Gasteiger partial charge in [-0.1, -0.05) is 0 Å². The summed E-state index contributed by atoms with van der Waals surface area (Å²) in [6.07, 6.45) is -0.550. The number of hydrogen-bond donors (Lipinski definition) is 2. The first-order valence-electron chi connectivity index (χ1n) is 6.36. The molecule has 0 saturated heterocycles. The fraction of sp³-hybridized carbons (Fsp3) is 0.500. The largest absolute Gasteiger partial charge is 0.444 e. The van der Waals surface area contributed by atoms with Gasteiger partial charge in [0.15, 0.2) is 0 Å². The van der Waals surface area contributed by atoms with Crippen molar-refractivity contribution in [1.29, 1.82) is 0 Å². The first-order valence-corrected chi connectivity index (χ1v) is 6.36. The number of nitrogens with one attached hydrogen (secondary N) is 2. The molecule has 0 aliphatic carbocycles. The van der Waals surface area contributed by atoms with Crippen LogP contribution in [0.3, 0.4) is 0 Å². The normalized spacial score (nSPS) is 12.7. The molecule has 1 aromatic carbocycles. The highest BCUT2D eigenvalue weighted by Gasteiger charge is 2.16. The predicted molar refractivity (Wildman–Crippen MR) is 73.7 cm³/mol. The number of carbonyl (C=O) groups is 1. The molecule has 0 aliphatic heterocycles. The Labute approximate surface area is 117 Å². The molecule has 0 radical (unpaired) electrons. The number of halogens is 2. The zero-order chi connectivity index (χ0) is 15.3. The maximum atomic E-state index is 13.4. The highest BCUT2D eigenvalue weighted by atomic mass is 19.1. The molecule has 1 amide bonds. The van der Waals surface area contributed by atoms with Crippen molar-refractivity contribution in [1.82, 2.24) is 5.32 Å². The Bertz CT molecular complexity index is 473. The van der Waals surface area contributed by atoms with E-state index in [9.17, 15) is 13.6 Å². The second kappa shape index (κ2) is 6.54. The molecule has 1 atom stereocenters. The van der Waals surface area contributed by atoms with Crippen LogP contribution in [0.1, 0.15) is 27.7 Å². The average Bonchev–Trinajstić information content (AvgIpc) is 2.29. The van der Waals surface area contributed by atoms with Crippen molar-refractivity contribution in [2.75, 3.05) is 11.9 Å². The molecule has 6 heteroatoms. The van der Waals surface area contributed by atoms with E-state index in [0.29, 0.717) is 0 Å². The van der Waals surface area contributed by atoms with Crippen LogP contribution >= 0.6 is 0 Å².